The van der Waals surface area contributed by atoms with Gasteiger partial charge in [0.2, 0.25) is 0 Å². The van der Waals surface area contributed by atoms with Crippen LogP contribution in [0.5, 0.6) is 0 Å². The first-order valence-electron chi connectivity index (χ1n) is 4.62. The van der Waals surface area contributed by atoms with Crippen molar-refractivity contribution in [2.45, 2.75) is 13.5 Å². The standard InChI is InChI=1S/C11H10N2S/c1-7-5-12-6-9-4-8-2-3-14-11(8)13-10(7)9/h2-5,12H,6H2,1H3. The molecular formula is C11H10N2S. The Balaban J connectivity index is 2.35. The Labute approximate surface area is 86.3 Å². The van der Waals surface area contributed by atoms with Crippen molar-refractivity contribution in [1.29, 1.82) is 0 Å². The van der Waals surface area contributed by atoms with Crippen molar-refractivity contribution in [3.63, 3.8) is 0 Å². The summed E-state index contributed by atoms with van der Waals surface area (Å²) in [7, 11) is 0. The van der Waals surface area contributed by atoms with Crippen LogP contribution >= 0.6 is 11.3 Å². The van der Waals surface area contributed by atoms with Crippen LogP contribution < -0.4 is 5.32 Å². The van der Waals surface area contributed by atoms with Crippen molar-refractivity contribution in [2.75, 3.05) is 0 Å². The van der Waals surface area contributed by atoms with E-state index >= 15 is 0 Å². The van der Waals surface area contributed by atoms with Gasteiger partial charge in [-0.15, -0.1) is 11.3 Å². The summed E-state index contributed by atoms with van der Waals surface area (Å²) in [6.45, 7) is 2.99. The first-order valence-corrected chi connectivity index (χ1v) is 5.50. The molecule has 0 radical (unpaired) electrons. The maximum atomic E-state index is 4.67. The second-order valence-electron chi connectivity index (χ2n) is 3.52. The lowest BCUT2D eigenvalue weighted by Crippen LogP contribution is -2.13. The highest BCUT2D eigenvalue weighted by Crippen LogP contribution is 2.26. The monoisotopic (exact) mass is 202 g/mol. The summed E-state index contributed by atoms with van der Waals surface area (Å²) in [5.41, 5.74) is 3.68. The number of nitrogens with one attached hydrogen (secondary N) is 1. The topological polar surface area (TPSA) is 24.9 Å². The van der Waals surface area contributed by atoms with Crippen LogP contribution in [0.2, 0.25) is 0 Å². The molecule has 70 valence electrons. The fourth-order valence-corrected chi connectivity index (χ4v) is 2.55. The van der Waals surface area contributed by atoms with Crippen LogP contribution in [0.4, 0.5) is 0 Å². The first kappa shape index (κ1) is 8.00. The molecule has 0 spiro atoms. The van der Waals surface area contributed by atoms with E-state index in [0.717, 1.165) is 17.1 Å². The van der Waals surface area contributed by atoms with Crippen LogP contribution in [0.3, 0.4) is 0 Å². The van der Waals surface area contributed by atoms with Gasteiger partial charge < -0.3 is 5.32 Å². The lowest BCUT2D eigenvalue weighted by atomic mass is 10.0. The second kappa shape index (κ2) is 2.82. The lowest BCUT2D eigenvalue weighted by Gasteiger charge is -2.15. The van der Waals surface area contributed by atoms with Crippen LogP contribution in [0.25, 0.3) is 15.8 Å². The molecule has 0 atom stereocenters. The summed E-state index contributed by atoms with van der Waals surface area (Å²) in [5.74, 6) is 0. The van der Waals surface area contributed by atoms with Gasteiger partial charge in [-0.05, 0) is 35.6 Å². The van der Waals surface area contributed by atoms with Crippen molar-refractivity contribution in [2.24, 2.45) is 0 Å². The van der Waals surface area contributed by atoms with Gasteiger partial charge in [0.15, 0.2) is 0 Å². The number of rotatable bonds is 0. The SMILES string of the molecule is CC1=CNCc2cc3ccsc3nc21. The van der Waals surface area contributed by atoms with Gasteiger partial charge in [-0.1, -0.05) is 0 Å². The van der Waals surface area contributed by atoms with E-state index in [4.69, 9.17) is 0 Å². The molecule has 14 heavy (non-hydrogen) atoms. The number of hydrogen-bond donors (Lipinski definition) is 1. The first-order chi connectivity index (χ1) is 6.84. The van der Waals surface area contributed by atoms with E-state index < -0.39 is 0 Å². The van der Waals surface area contributed by atoms with Gasteiger partial charge in [0, 0.05) is 18.1 Å². The summed E-state index contributed by atoms with van der Waals surface area (Å²) in [4.78, 5) is 5.80. The zero-order valence-corrected chi connectivity index (χ0v) is 8.69. The minimum atomic E-state index is 0.894. The summed E-state index contributed by atoms with van der Waals surface area (Å²) in [5, 5.41) is 6.60. The highest BCUT2D eigenvalue weighted by atomic mass is 32.1. The molecule has 0 aliphatic carbocycles. The number of hydrogen-bond acceptors (Lipinski definition) is 3. The van der Waals surface area contributed by atoms with Crippen molar-refractivity contribution < 1.29 is 0 Å². The van der Waals surface area contributed by atoms with Gasteiger partial charge in [0.1, 0.15) is 4.83 Å². The van der Waals surface area contributed by atoms with Gasteiger partial charge in [0.25, 0.3) is 0 Å². The normalized spacial score (nSPS) is 14.8. The van der Waals surface area contributed by atoms with Gasteiger partial charge in [0.05, 0.1) is 5.69 Å². The van der Waals surface area contributed by atoms with E-state index in [-0.39, 0.29) is 0 Å². The molecule has 2 nitrogen and oxygen atoms in total. The molecule has 0 aromatic carbocycles. The second-order valence-corrected chi connectivity index (χ2v) is 4.41. The summed E-state index contributed by atoms with van der Waals surface area (Å²) in [6.07, 6.45) is 2.04. The minimum absolute atomic E-state index is 0.894. The number of thiophene rings is 1. The summed E-state index contributed by atoms with van der Waals surface area (Å²) < 4.78 is 0. The highest BCUT2D eigenvalue weighted by Gasteiger charge is 2.11. The quantitative estimate of drug-likeness (QED) is 0.710. The Morgan fingerprint density at radius 3 is 3.36 bits per heavy atom. The third kappa shape index (κ3) is 1.06. The number of aromatic nitrogens is 1. The van der Waals surface area contributed by atoms with Gasteiger partial charge in [-0.25, -0.2) is 4.98 Å². The fourth-order valence-electron chi connectivity index (χ4n) is 1.80. The average molecular weight is 202 g/mol. The molecule has 0 saturated heterocycles. The van der Waals surface area contributed by atoms with Crippen LogP contribution in [0.15, 0.2) is 23.7 Å². The van der Waals surface area contributed by atoms with E-state index in [1.54, 1.807) is 11.3 Å². The molecule has 0 fully saturated rings. The van der Waals surface area contributed by atoms with Crippen LogP contribution in [-0.2, 0) is 6.54 Å². The molecule has 0 unspecified atom stereocenters. The molecule has 3 heteroatoms. The van der Waals surface area contributed by atoms with Gasteiger partial charge in [-0.3, -0.25) is 0 Å². The van der Waals surface area contributed by atoms with E-state index in [0.29, 0.717) is 0 Å². The van der Waals surface area contributed by atoms with E-state index in [2.05, 4.69) is 34.7 Å². The zero-order chi connectivity index (χ0) is 9.54. The molecule has 2 aromatic rings. The maximum absolute atomic E-state index is 4.67. The largest absolute Gasteiger partial charge is 0.386 e. The lowest BCUT2D eigenvalue weighted by molar-refractivity contribution is 0.844. The van der Waals surface area contributed by atoms with Crippen LogP contribution in [0, 0.1) is 0 Å². The number of nitrogens with zero attached hydrogens (tertiary/aromatic N) is 1. The third-order valence-corrected chi connectivity index (χ3v) is 3.33. The van der Waals surface area contributed by atoms with Crippen molar-refractivity contribution in [1.82, 2.24) is 10.3 Å². The van der Waals surface area contributed by atoms with Crippen molar-refractivity contribution in [3.8, 4) is 0 Å². The number of fused-ring (bicyclic) bond motifs is 2. The molecule has 1 aliphatic heterocycles. The molecule has 2 aromatic heterocycles. The van der Waals surface area contributed by atoms with Crippen molar-refractivity contribution in [3.05, 3.63) is 35.0 Å². The molecule has 3 heterocycles. The molecular weight excluding hydrogens is 192 g/mol. The maximum Gasteiger partial charge on any atom is 0.123 e. The minimum Gasteiger partial charge on any atom is -0.386 e. The predicted molar refractivity (Wildman–Crippen MR) is 60.1 cm³/mol. The van der Waals surface area contributed by atoms with Crippen molar-refractivity contribution >= 4 is 27.1 Å². The fraction of sp³-hybridized carbons (Fsp3) is 0.182. The van der Waals surface area contributed by atoms with Crippen LogP contribution in [0.1, 0.15) is 18.2 Å². The van der Waals surface area contributed by atoms with Gasteiger partial charge >= 0.3 is 0 Å². The average Bonchev–Trinajstić information content (AvgIpc) is 2.62. The number of pyridine rings is 1. The molecule has 3 rings (SSSR count). The molecule has 1 N–H and O–H groups in total. The van der Waals surface area contributed by atoms with E-state index in [9.17, 15) is 0 Å². The Morgan fingerprint density at radius 1 is 1.50 bits per heavy atom. The summed E-state index contributed by atoms with van der Waals surface area (Å²) in [6, 6.07) is 4.36. The van der Waals surface area contributed by atoms with Crippen LogP contribution in [-0.4, -0.2) is 4.98 Å². The molecule has 0 bridgehead atoms. The summed E-state index contributed by atoms with van der Waals surface area (Å²) >= 11 is 1.70. The van der Waals surface area contributed by atoms with Gasteiger partial charge in [-0.2, -0.15) is 0 Å². The number of allylic oxidation sites excluding steroid dienone is 1. The van der Waals surface area contributed by atoms with E-state index in [1.165, 1.54) is 16.5 Å². The Morgan fingerprint density at radius 2 is 2.43 bits per heavy atom. The third-order valence-electron chi connectivity index (χ3n) is 2.51. The molecule has 0 amide bonds. The Bertz CT molecular complexity index is 525. The Kier molecular flexibility index (Phi) is 1.61. The molecule has 0 saturated carbocycles. The smallest absolute Gasteiger partial charge is 0.123 e. The highest BCUT2D eigenvalue weighted by molar-refractivity contribution is 7.16. The van der Waals surface area contributed by atoms with E-state index in [1.807, 2.05) is 6.20 Å². The predicted octanol–water partition coefficient (Wildman–Crippen LogP) is 2.76. The zero-order valence-electron chi connectivity index (χ0n) is 7.87. The Hall–Kier alpha value is -1.35. The molecule has 1 aliphatic rings.